The summed E-state index contributed by atoms with van der Waals surface area (Å²) in [4.78, 5) is 15.0. The predicted octanol–water partition coefficient (Wildman–Crippen LogP) is 5.86. The molecule has 2 atom stereocenters. The molecule has 1 saturated carbocycles. The van der Waals surface area contributed by atoms with Crippen LogP contribution in [0.4, 0.5) is 10.1 Å². The first kappa shape index (κ1) is 27.6. The first-order valence-electron chi connectivity index (χ1n) is 16.1. The van der Waals surface area contributed by atoms with Gasteiger partial charge in [0.25, 0.3) is 0 Å². The van der Waals surface area contributed by atoms with Crippen LogP contribution in [-0.4, -0.2) is 71.4 Å². The number of hydrogen-bond donors (Lipinski definition) is 2. The highest BCUT2D eigenvalue weighted by atomic mass is 19.1. The highest BCUT2D eigenvalue weighted by Crippen LogP contribution is 2.47. The van der Waals surface area contributed by atoms with Gasteiger partial charge in [-0.1, -0.05) is 18.4 Å². The van der Waals surface area contributed by atoms with E-state index in [0.717, 1.165) is 30.8 Å². The maximum absolute atomic E-state index is 14.8. The fourth-order valence-corrected chi connectivity index (χ4v) is 7.67. The zero-order valence-corrected chi connectivity index (χ0v) is 25.0. The van der Waals surface area contributed by atoms with Crippen molar-refractivity contribution in [2.24, 2.45) is 5.41 Å². The van der Waals surface area contributed by atoms with E-state index in [-0.39, 0.29) is 16.7 Å². The predicted molar refractivity (Wildman–Crippen MR) is 172 cm³/mol. The monoisotopic (exact) mass is 591 g/mol. The van der Waals surface area contributed by atoms with Crippen LogP contribution in [0.25, 0.3) is 32.9 Å². The molecule has 4 fully saturated rings. The van der Waals surface area contributed by atoms with E-state index >= 15 is 0 Å². The normalized spacial score (nSPS) is 22.8. The first-order valence-corrected chi connectivity index (χ1v) is 16.1. The van der Waals surface area contributed by atoms with Gasteiger partial charge >= 0.3 is 0 Å². The number of anilines is 1. The van der Waals surface area contributed by atoms with E-state index in [1.165, 1.54) is 64.1 Å². The molecule has 2 aromatic carbocycles. The lowest BCUT2D eigenvalue weighted by Crippen LogP contribution is -2.51. The van der Waals surface area contributed by atoms with Gasteiger partial charge in [-0.2, -0.15) is 0 Å². The van der Waals surface area contributed by atoms with E-state index in [1.807, 2.05) is 6.07 Å². The lowest BCUT2D eigenvalue weighted by atomic mass is 9.94. The summed E-state index contributed by atoms with van der Waals surface area (Å²) in [5, 5.41) is 15.6. The van der Waals surface area contributed by atoms with Gasteiger partial charge in [0.15, 0.2) is 0 Å². The van der Waals surface area contributed by atoms with Crippen LogP contribution in [0.1, 0.15) is 50.5 Å². The zero-order chi connectivity index (χ0) is 29.8. The molecular formula is C36H38FN5O2. The largest absolute Gasteiger partial charge is 0.508 e. The SMILES string of the molecule is C#Cc1c(F)ccc2cc(O)cc(-c3cnc4c(N5CC6CCC(C5)N6)cc(OCC5(CN6CCCCC6)CC5)nc4c3)c12. The molecule has 4 aromatic rings. The van der Waals surface area contributed by atoms with Crippen LogP contribution in [0.15, 0.2) is 42.6 Å². The summed E-state index contributed by atoms with van der Waals surface area (Å²) in [6.45, 7) is 5.96. The third kappa shape index (κ3) is 5.12. The number of likely N-dealkylation sites (tertiary alicyclic amines) is 1. The molecule has 0 radical (unpaired) electrons. The molecule has 2 N–H and O–H groups in total. The minimum atomic E-state index is -0.469. The Morgan fingerprint density at radius 2 is 1.86 bits per heavy atom. The third-order valence-electron chi connectivity index (χ3n) is 10.2. The number of nitrogens with zero attached hydrogens (tertiary/aromatic N) is 4. The van der Waals surface area contributed by atoms with Gasteiger partial charge in [-0.3, -0.25) is 4.98 Å². The highest BCUT2D eigenvalue weighted by molar-refractivity contribution is 6.03. The van der Waals surface area contributed by atoms with E-state index in [0.29, 0.717) is 52.0 Å². The van der Waals surface area contributed by atoms with Crippen LogP contribution in [0.5, 0.6) is 11.6 Å². The molecule has 7 nitrogen and oxygen atoms in total. The minimum absolute atomic E-state index is 0.0765. The van der Waals surface area contributed by atoms with Crippen LogP contribution in [0.3, 0.4) is 0 Å². The molecule has 2 aromatic heterocycles. The number of hydrogen-bond acceptors (Lipinski definition) is 7. The Labute approximate surface area is 257 Å². The minimum Gasteiger partial charge on any atom is -0.508 e. The second-order valence-corrected chi connectivity index (χ2v) is 13.4. The Morgan fingerprint density at radius 3 is 2.61 bits per heavy atom. The average Bonchev–Trinajstić information content (AvgIpc) is 3.72. The van der Waals surface area contributed by atoms with Gasteiger partial charge in [0, 0.05) is 60.3 Å². The molecular weight excluding hydrogens is 553 g/mol. The zero-order valence-electron chi connectivity index (χ0n) is 25.0. The van der Waals surface area contributed by atoms with Gasteiger partial charge in [0.05, 0.1) is 23.4 Å². The van der Waals surface area contributed by atoms with Crippen LogP contribution in [0.2, 0.25) is 0 Å². The molecule has 3 saturated heterocycles. The van der Waals surface area contributed by atoms with Crippen molar-refractivity contribution in [3.05, 3.63) is 54.0 Å². The van der Waals surface area contributed by atoms with Gasteiger partial charge in [-0.15, -0.1) is 6.42 Å². The number of halogens is 1. The number of rotatable bonds is 7. The van der Waals surface area contributed by atoms with Crippen LogP contribution in [-0.2, 0) is 0 Å². The van der Waals surface area contributed by atoms with Crippen LogP contribution in [0, 0.1) is 23.6 Å². The van der Waals surface area contributed by atoms with Crippen molar-refractivity contribution in [2.75, 3.05) is 44.2 Å². The Hall–Kier alpha value is -3.93. The number of ether oxygens (including phenoxy) is 1. The standard InChI is InChI=1S/C36H38FN5O2/c1-2-28-30(37)9-6-23-14-27(43)16-29(34(23)28)24-15-31-35(38-18-24)32(42-19-25-7-8-26(20-42)39-25)17-33(40-31)44-22-36(10-11-36)21-41-12-4-3-5-13-41/h1,6,9,14-18,25-26,39,43H,3-5,7-8,10-13,19-22H2. The quantitative estimate of drug-likeness (QED) is 0.261. The summed E-state index contributed by atoms with van der Waals surface area (Å²) < 4.78 is 21.4. The topological polar surface area (TPSA) is 73.8 Å². The van der Waals surface area contributed by atoms with Crippen LogP contribution >= 0.6 is 0 Å². The number of phenols is 1. The number of piperidine rings is 1. The number of aromatic nitrogens is 2. The summed E-state index contributed by atoms with van der Waals surface area (Å²) in [6.07, 6.45) is 16.2. The van der Waals surface area contributed by atoms with Gasteiger partial charge in [0.1, 0.15) is 17.1 Å². The van der Waals surface area contributed by atoms with Crippen LogP contribution < -0.4 is 15.0 Å². The lowest BCUT2D eigenvalue weighted by Gasteiger charge is -2.35. The number of phenolic OH excluding ortho intramolecular Hbond substituents is 1. The summed E-state index contributed by atoms with van der Waals surface area (Å²) >= 11 is 0. The number of pyridine rings is 2. The molecule has 2 bridgehead atoms. The lowest BCUT2D eigenvalue weighted by molar-refractivity contribution is 0.141. The van der Waals surface area contributed by atoms with E-state index in [4.69, 9.17) is 21.1 Å². The van der Waals surface area contributed by atoms with Crippen molar-refractivity contribution in [3.8, 4) is 35.1 Å². The summed E-state index contributed by atoms with van der Waals surface area (Å²) in [7, 11) is 0. The maximum atomic E-state index is 14.8. The molecule has 0 amide bonds. The van der Waals surface area contributed by atoms with E-state index in [2.05, 4.69) is 27.1 Å². The second kappa shape index (κ2) is 10.9. The van der Waals surface area contributed by atoms with Gasteiger partial charge in [0.2, 0.25) is 5.88 Å². The Bertz CT molecular complexity index is 1780. The van der Waals surface area contributed by atoms with Gasteiger partial charge in [-0.05, 0) is 86.8 Å². The van der Waals surface area contributed by atoms with Gasteiger partial charge < -0.3 is 25.0 Å². The number of benzene rings is 2. The van der Waals surface area contributed by atoms with Crippen molar-refractivity contribution in [2.45, 2.75) is 57.0 Å². The molecule has 2 unspecified atom stereocenters. The van der Waals surface area contributed by atoms with Crippen molar-refractivity contribution >= 4 is 27.5 Å². The second-order valence-electron chi connectivity index (χ2n) is 13.4. The molecule has 4 aliphatic rings. The summed E-state index contributed by atoms with van der Waals surface area (Å²) in [5.74, 6) is 2.73. The Morgan fingerprint density at radius 1 is 1.07 bits per heavy atom. The molecule has 8 heteroatoms. The molecule has 3 aliphatic heterocycles. The van der Waals surface area contributed by atoms with Crippen molar-refractivity contribution in [1.29, 1.82) is 0 Å². The molecule has 5 heterocycles. The van der Waals surface area contributed by atoms with E-state index in [1.54, 1.807) is 24.4 Å². The Kier molecular flexibility index (Phi) is 6.84. The Balaban J connectivity index is 1.19. The first-order chi connectivity index (χ1) is 21.5. The number of terminal acetylenes is 1. The number of aromatic hydroxyl groups is 1. The molecule has 1 aliphatic carbocycles. The molecule has 8 rings (SSSR count). The smallest absolute Gasteiger partial charge is 0.216 e. The van der Waals surface area contributed by atoms with Crippen molar-refractivity contribution < 1.29 is 14.2 Å². The van der Waals surface area contributed by atoms with Crippen molar-refractivity contribution in [1.82, 2.24) is 20.2 Å². The molecule has 226 valence electrons. The maximum Gasteiger partial charge on any atom is 0.216 e. The van der Waals surface area contributed by atoms with E-state index < -0.39 is 5.82 Å². The number of fused-ring (bicyclic) bond motifs is 4. The highest BCUT2D eigenvalue weighted by Gasteiger charge is 2.45. The average molecular weight is 592 g/mol. The summed E-state index contributed by atoms with van der Waals surface area (Å²) in [5.41, 5.74) is 4.26. The number of piperazine rings is 1. The van der Waals surface area contributed by atoms with Crippen molar-refractivity contribution in [3.63, 3.8) is 0 Å². The number of nitrogens with one attached hydrogen (secondary N) is 1. The molecule has 0 spiro atoms. The third-order valence-corrected chi connectivity index (χ3v) is 10.2. The van der Waals surface area contributed by atoms with Gasteiger partial charge in [-0.25, -0.2) is 9.37 Å². The molecule has 44 heavy (non-hydrogen) atoms. The fraction of sp³-hybridized carbons (Fsp3) is 0.444. The van der Waals surface area contributed by atoms with E-state index in [9.17, 15) is 9.50 Å². The fourth-order valence-electron chi connectivity index (χ4n) is 7.67. The summed E-state index contributed by atoms with van der Waals surface area (Å²) in [6, 6.07) is 11.2.